The van der Waals surface area contributed by atoms with Crippen LogP contribution < -0.4 is 0 Å². The molecule has 0 bridgehead atoms. The molecule has 0 radical (unpaired) electrons. The van der Waals surface area contributed by atoms with Crippen molar-refractivity contribution in [3.8, 4) is 0 Å². The third-order valence-corrected chi connectivity index (χ3v) is 6.19. The Bertz CT molecular complexity index is 1110. The Labute approximate surface area is 193 Å². The lowest BCUT2D eigenvalue weighted by Crippen LogP contribution is -2.11. The zero-order valence-corrected chi connectivity index (χ0v) is 19.6. The number of hydrogen-bond donors (Lipinski definition) is 1. The minimum Gasteiger partial charge on any atom is -0.462 e. The normalized spacial score (nSPS) is 11.3. The lowest BCUT2D eigenvalue weighted by molar-refractivity contribution is -0.137. The van der Waals surface area contributed by atoms with Gasteiger partial charge in [0.2, 0.25) is 0 Å². The van der Waals surface area contributed by atoms with E-state index in [1.807, 2.05) is 35.0 Å². The number of ether oxygens (including phenoxy) is 3. The molecule has 0 spiro atoms. The number of esters is 3. The molecule has 0 aliphatic carbocycles. The van der Waals surface area contributed by atoms with Crippen LogP contribution in [-0.4, -0.2) is 36.1 Å². The first-order chi connectivity index (χ1) is 15.5. The van der Waals surface area contributed by atoms with E-state index >= 15 is 0 Å². The average molecular weight is 474 g/mol. The van der Waals surface area contributed by atoms with Crippen LogP contribution in [0, 0.1) is 6.92 Å². The molecular weight excluding hydrogens is 450 g/mol. The summed E-state index contributed by atoms with van der Waals surface area (Å²) < 4.78 is 15.7. The third kappa shape index (κ3) is 5.35. The van der Waals surface area contributed by atoms with Gasteiger partial charge in [-0.05, 0) is 55.3 Å². The van der Waals surface area contributed by atoms with Gasteiger partial charge in [-0.3, -0.25) is 0 Å². The molecule has 3 aromatic rings. The van der Waals surface area contributed by atoms with Crippen molar-refractivity contribution in [3.63, 3.8) is 0 Å². The Morgan fingerprint density at radius 3 is 2.28 bits per heavy atom. The van der Waals surface area contributed by atoms with E-state index in [0.29, 0.717) is 11.1 Å². The third-order valence-electron chi connectivity index (χ3n) is 4.47. The first kappa shape index (κ1) is 23.5. The Kier molecular flexibility index (Phi) is 8.02. The van der Waals surface area contributed by atoms with Crippen LogP contribution in [0.4, 0.5) is 0 Å². The number of carbonyl (C=O) groups excluding carboxylic acids is 3. The highest BCUT2D eigenvalue weighted by Crippen LogP contribution is 2.27. The smallest absolute Gasteiger partial charge is 0.355 e. The van der Waals surface area contributed by atoms with Crippen LogP contribution in [0.1, 0.15) is 55.7 Å². The first-order valence-corrected chi connectivity index (χ1v) is 11.7. The number of nitrogens with one attached hydrogen (secondary N) is 1. The molecule has 3 heterocycles. The minimum absolute atomic E-state index is 0.133. The van der Waals surface area contributed by atoms with Crippen LogP contribution in [-0.2, 0) is 25.6 Å². The summed E-state index contributed by atoms with van der Waals surface area (Å²) >= 11 is 2.93. The number of thiophene rings is 2. The maximum absolute atomic E-state index is 13.0. The van der Waals surface area contributed by atoms with Gasteiger partial charge in [0.15, 0.2) is 0 Å². The molecule has 1 N–H and O–H groups in total. The molecule has 0 saturated heterocycles. The molecule has 0 aromatic carbocycles. The molecule has 0 aliphatic rings. The van der Waals surface area contributed by atoms with Gasteiger partial charge >= 0.3 is 17.9 Å². The van der Waals surface area contributed by atoms with E-state index in [9.17, 15) is 14.4 Å². The molecule has 168 valence electrons. The molecule has 0 fully saturated rings. The predicted molar refractivity (Wildman–Crippen MR) is 124 cm³/mol. The fourth-order valence-electron chi connectivity index (χ4n) is 3.05. The fourth-order valence-corrected chi connectivity index (χ4v) is 4.43. The molecule has 9 heteroatoms. The first-order valence-electron chi connectivity index (χ1n) is 9.98. The molecule has 32 heavy (non-hydrogen) atoms. The van der Waals surface area contributed by atoms with Crippen molar-refractivity contribution in [2.24, 2.45) is 0 Å². The summed E-state index contributed by atoms with van der Waals surface area (Å²) in [6.07, 6.45) is 1.77. The van der Waals surface area contributed by atoms with Gasteiger partial charge in [-0.25, -0.2) is 14.4 Å². The summed E-state index contributed by atoms with van der Waals surface area (Å²) in [6, 6.07) is 7.50. The Balaban J connectivity index is 1.88. The number of aromatic amines is 1. The Morgan fingerprint density at radius 2 is 1.66 bits per heavy atom. The van der Waals surface area contributed by atoms with Crippen LogP contribution in [0.15, 0.2) is 35.0 Å². The number of rotatable bonds is 9. The summed E-state index contributed by atoms with van der Waals surface area (Å²) in [4.78, 5) is 42.3. The van der Waals surface area contributed by atoms with E-state index < -0.39 is 17.9 Å². The SMILES string of the molecule is CCOC(=O)c1[nH]c(COC(=O)C(=Cc2cccs2)c2cccs2)c(C(=O)OCC)c1C. The second kappa shape index (κ2) is 10.9. The van der Waals surface area contributed by atoms with Gasteiger partial charge in [-0.2, -0.15) is 0 Å². The van der Waals surface area contributed by atoms with E-state index in [1.54, 1.807) is 26.8 Å². The lowest BCUT2D eigenvalue weighted by atomic mass is 10.1. The van der Waals surface area contributed by atoms with Crippen molar-refractivity contribution >= 4 is 52.2 Å². The zero-order valence-electron chi connectivity index (χ0n) is 17.9. The highest BCUT2D eigenvalue weighted by molar-refractivity contribution is 7.12. The monoisotopic (exact) mass is 473 g/mol. The molecule has 0 unspecified atom stereocenters. The predicted octanol–water partition coefficient (Wildman–Crippen LogP) is 5.08. The summed E-state index contributed by atoms with van der Waals surface area (Å²) in [5.74, 6) is -1.74. The molecule has 0 atom stereocenters. The Morgan fingerprint density at radius 1 is 0.969 bits per heavy atom. The van der Waals surface area contributed by atoms with Gasteiger partial charge < -0.3 is 19.2 Å². The van der Waals surface area contributed by atoms with Gasteiger partial charge in [0.25, 0.3) is 0 Å². The highest BCUT2D eigenvalue weighted by Gasteiger charge is 2.27. The average Bonchev–Trinajstić information content (AvgIpc) is 3.52. The van der Waals surface area contributed by atoms with E-state index in [4.69, 9.17) is 14.2 Å². The van der Waals surface area contributed by atoms with Crippen molar-refractivity contribution in [1.82, 2.24) is 4.98 Å². The van der Waals surface area contributed by atoms with Gasteiger partial charge in [0, 0.05) is 9.75 Å². The molecular formula is C23H23NO6S2. The summed E-state index contributed by atoms with van der Waals surface area (Å²) in [7, 11) is 0. The van der Waals surface area contributed by atoms with E-state index in [1.165, 1.54) is 22.7 Å². The van der Waals surface area contributed by atoms with E-state index in [-0.39, 0.29) is 36.8 Å². The van der Waals surface area contributed by atoms with Gasteiger partial charge in [-0.15, -0.1) is 22.7 Å². The fraction of sp³-hybridized carbons (Fsp3) is 0.261. The van der Waals surface area contributed by atoms with Crippen LogP contribution in [0.5, 0.6) is 0 Å². The number of aromatic nitrogens is 1. The molecule has 0 saturated carbocycles. The van der Waals surface area contributed by atoms with E-state index in [0.717, 1.165) is 9.75 Å². The molecule has 7 nitrogen and oxygen atoms in total. The molecule has 3 rings (SSSR count). The number of H-pyrrole nitrogens is 1. The maximum atomic E-state index is 13.0. The molecule has 3 aromatic heterocycles. The summed E-state index contributed by atoms with van der Waals surface area (Å²) in [5.41, 5.74) is 1.38. The second-order valence-electron chi connectivity index (χ2n) is 6.55. The lowest BCUT2D eigenvalue weighted by Gasteiger charge is -2.08. The Hall–Kier alpha value is -3.17. The van der Waals surface area contributed by atoms with Crippen molar-refractivity contribution in [2.75, 3.05) is 13.2 Å². The van der Waals surface area contributed by atoms with Crippen LogP contribution in [0.3, 0.4) is 0 Å². The topological polar surface area (TPSA) is 94.7 Å². The van der Waals surface area contributed by atoms with E-state index in [2.05, 4.69) is 4.98 Å². The number of carbonyl (C=O) groups is 3. The maximum Gasteiger partial charge on any atom is 0.355 e. The summed E-state index contributed by atoms with van der Waals surface area (Å²) in [5, 5.41) is 3.80. The summed E-state index contributed by atoms with van der Waals surface area (Å²) in [6.45, 7) is 5.12. The quantitative estimate of drug-likeness (QED) is 0.264. The molecule has 0 aliphatic heterocycles. The number of hydrogen-bond acceptors (Lipinski definition) is 8. The van der Waals surface area contributed by atoms with Crippen LogP contribution in [0.2, 0.25) is 0 Å². The largest absolute Gasteiger partial charge is 0.462 e. The zero-order chi connectivity index (χ0) is 23.1. The van der Waals surface area contributed by atoms with Crippen LogP contribution in [0.25, 0.3) is 11.6 Å². The van der Waals surface area contributed by atoms with Crippen LogP contribution >= 0.6 is 22.7 Å². The van der Waals surface area contributed by atoms with Crippen molar-refractivity contribution < 1.29 is 28.6 Å². The second-order valence-corrected chi connectivity index (χ2v) is 8.47. The standard InChI is InChI=1S/C23H23NO6S2/c1-4-28-22(26)19-14(3)20(23(27)29-5-2)24-17(19)13-30-21(25)16(18-9-7-11-32-18)12-15-8-6-10-31-15/h6-12,24H,4-5,13H2,1-3H3. The van der Waals surface area contributed by atoms with Crippen molar-refractivity contribution in [2.45, 2.75) is 27.4 Å². The van der Waals surface area contributed by atoms with Gasteiger partial charge in [0.05, 0.1) is 30.0 Å². The van der Waals surface area contributed by atoms with Gasteiger partial charge in [0.1, 0.15) is 12.3 Å². The van der Waals surface area contributed by atoms with Gasteiger partial charge in [-0.1, -0.05) is 12.1 Å². The highest BCUT2D eigenvalue weighted by atomic mass is 32.1. The van der Waals surface area contributed by atoms with Crippen molar-refractivity contribution in [3.05, 3.63) is 67.3 Å². The molecule has 0 amide bonds. The minimum atomic E-state index is -0.601. The van der Waals surface area contributed by atoms with Crippen molar-refractivity contribution in [1.29, 1.82) is 0 Å².